The van der Waals surface area contributed by atoms with Gasteiger partial charge >= 0.3 is 5.97 Å². The van der Waals surface area contributed by atoms with Gasteiger partial charge in [0, 0.05) is 13.3 Å². The number of esters is 1. The molecule has 1 unspecified atom stereocenters. The lowest BCUT2D eigenvalue weighted by atomic mass is 10.1. The highest BCUT2D eigenvalue weighted by atomic mass is 19.3. The molecule has 1 atom stereocenters. The zero-order valence-corrected chi connectivity index (χ0v) is 11.7. The smallest absolute Gasteiger partial charge is 0.341 e. The van der Waals surface area contributed by atoms with Crippen molar-refractivity contribution < 1.29 is 23.0 Å². The highest BCUT2D eigenvalue weighted by Gasteiger charge is 2.24. The fraction of sp³-hybridized carbons (Fsp3) is 0.615. The molecule has 7 heteroatoms. The maximum Gasteiger partial charge on any atom is 0.341 e. The van der Waals surface area contributed by atoms with E-state index in [-0.39, 0.29) is 18.0 Å². The van der Waals surface area contributed by atoms with Crippen LogP contribution in [0.1, 0.15) is 61.1 Å². The van der Waals surface area contributed by atoms with Gasteiger partial charge in [0.25, 0.3) is 6.43 Å². The molecule has 1 aromatic heterocycles. The van der Waals surface area contributed by atoms with E-state index in [0.29, 0.717) is 6.42 Å². The Hall–Kier alpha value is -1.63. The summed E-state index contributed by atoms with van der Waals surface area (Å²) < 4.78 is 35.9. The average molecular weight is 288 g/mol. The molecule has 1 rings (SSSR count). The van der Waals surface area contributed by atoms with Crippen LogP contribution in [0.5, 0.6) is 0 Å². The van der Waals surface area contributed by atoms with Crippen molar-refractivity contribution in [2.24, 2.45) is 0 Å². The summed E-state index contributed by atoms with van der Waals surface area (Å²) in [5.41, 5.74) is -0.927. The number of hydrogen-bond acceptors (Lipinski definition) is 5. The van der Waals surface area contributed by atoms with E-state index in [2.05, 4.69) is 9.97 Å². The predicted octanol–water partition coefficient (Wildman–Crippen LogP) is 3.08. The van der Waals surface area contributed by atoms with Crippen molar-refractivity contribution >= 4 is 5.97 Å². The summed E-state index contributed by atoms with van der Waals surface area (Å²) in [5, 5.41) is 0. The van der Waals surface area contributed by atoms with Gasteiger partial charge in [-0.05, 0) is 13.3 Å². The molecule has 1 heterocycles. The van der Waals surface area contributed by atoms with Gasteiger partial charge in [-0.3, -0.25) is 0 Å². The minimum atomic E-state index is -2.88. The molecule has 112 valence electrons. The Kier molecular flexibility index (Phi) is 6.44. The Bertz CT molecular complexity index is 455. The van der Waals surface area contributed by atoms with Gasteiger partial charge < -0.3 is 9.47 Å². The van der Waals surface area contributed by atoms with Crippen LogP contribution < -0.4 is 0 Å². The van der Waals surface area contributed by atoms with E-state index in [0.717, 1.165) is 12.6 Å². The summed E-state index contributed by atoms with van der Waals surface area (Å²) in [6, 6.07) is 0. The summed E-state index contributed by atoms with van der Waals surface area (Å²) in [7, 11) is 1.46. The van der Waals surface area contributed by atoms with Gasteiger partial charge in [0.2, 0.25) is 0 Å². The Balaban J connectivity index is 3.15. The Morgan fingerprint density at radius 3 is 2.60 bits per heavy atom. The molecule has 0 radical (unpaired) electrons. The monoisotopic (exact) mass is 288 g/mol. The molecule has 1 aromatic rings. The molecule has 0 saturated heterocycles. The van der Waals surface area contributed by atoms with Crippen LogP contribution in [0, 0.1) is 0 Å². The number of rotatable bonds is 7. The second-order valence-corrected chi connectivity index (χ2v) is 4.06. The van der Waals surface area contributed by atoms with E-state index in [9.17, 15) is 13.6 Å². The van der Waals surface area contributed by atoms with Crippen LogP contribution in [0.3, 0.4) is 0 Å². The topological polar surface area (TPSA) is 61.3 Å². The van der Waals surface area contributed by atoms with E-state index in [1.165, 1.54) is 7.11 Å². The van der Waals surface area contributed by atoms with Crippen LogP contribution in [0.4, 0.5) is 8.78 Å². The van der Waals surface area contributed by atoms with Crippen molar-refractivity contribution in [1.29, 1.82) is 0 Å². The number of carbonyl (C=O) groups is 1. The van der Waals surface area contributed by atoms with Gasteiger partial charge in [-0.2, -0.15) is 0 Å². The molecule has 0 spiro atoms. The summed E-state index contributed by atoms with van der Waals surface area (Å²) in [5.74, 6) is -0.698. The molecule has 0 N–H and O–H groups in total. The number of hydrogen-bond donors (Lipinski definition) is 0. The van der Waals surface area contributed by atoms with E-state index in [1.807, 2.05) is 6.92 Å². The van der Waals surface area contributed by atoms with Crippen LogP contribution in [0.25, 0.3) is 0 Å². The van der Waals surface area contributed by atoms with Gasteiger partial charge in [0.05, 0.1) is 6.61 Å². The molecule has 0 bridgehead atoms. The number of nitrogens with zero attached hydrogens (tertiary/aromatic N) is 2. The first-order valence-corrected chi connectivity index (χ1v) is 6.39. The van der Waals surface area contributed by atoms with Crippen molar-refractivity contribution in [1.82, 2.24) is 9.97 Å². The maximum absolute atomic E-state index is 13.0. The molecule has 5 nitrogen and oxygen atoms in total. The number of methoxy groups -OCH3 is 1. The molecule has 0 aliphatic rings. The Morgan fingerprint density at radius 2 is 2.10 bits per heavy atom. The minimum Gasteiger partial charge on any atom is -0.462 e. The lowest BCUT2D eigenvalue weighted by molar-refractivity contribution is 0.0509. The standard InChI is InChI=1S/C13H18F2N2O3/c1-4-6-9(19-3)12-16-7-8(13(18)20-5-2)10(17-12)11(14)15/h7,9,11H,4-6H2,1-3H3. The maximum atomic E-state index is 13.0. The van der Waals surface area contributed by atoms with Crippen molar-refractivity contribution in [3.05, 3.63) is 23.3 Å². The number of alkyl halides is 2. The molecular formula is C13H18F2N2O3. The SMILES string of the molecule is CCCC(OC)c1ncc(C(=O)OCC)c(C(F)F)n1. The van der Waals surface area contributed by atoms with E-state index >= 15 is 0 Å². The molecule has 0 aliphatic heterocycles. The molecular weight excluding hydrogens is 270 g/mol. The second kappa shape index (κ2) is 7.84. The summed E-state index contributed by atoms with van der Waals surface area (Å²) in [6.45, 7) is 3.63. The highest BCUT2D eigenvalue weighted by Crippen LogP contribution is 2.25. The van der Waals surface area contributed by atoms with Crippen LogP contribution >= 0.6 is 0 Å². The normalized spacial score (nSPS) is 12.5. The van der Waals surface area contributed by atoms with Crippen molar-refractivity contribution in [3.63, 3.8) is 0 Å². The predicted molar refractivity (Wildman–Crippen MR) is 67.6 cm³/mol. The Morgan fingerprint density at radius 1 is 1.40 bits per heavy atom. The third kappa shape index (κ3) is 3.93. The molecule has 0 fully saturated rings. The van der Waals surface area contributed by atoms with Gasteiger partial charge in [-0.15, -0.1) is 0 Å². The first-order valence-electron chi connectivity index (χ1n) is 6.39. The van der Waals surface area contributed by atoms with Gasteiger partial charge in [-0.25, -0.2) is 23.5 Å². The summed E-state index contributed by atoms with van der Waals surface area (Å²) in [4.78, 5) is 19.3. The van der Waals surface area contributed by atoms with Crippen molar-refractivity contribution in [2.75, 3.05) is 13.7 Å². The number of carbonyl (C=O) groups excluding carboxylic acids is 1. The minimum absolute atomic E-state index is 0.0970. The highest BCUT2D eigenvalue weighted by molar-refractivity contribution is 5.90. The summed E-state index contributed by atoms with van der Waals surface area (Å²) >= 11 is 0. The largest absolute Gasteiger partial charge is 0.462 e. The van der Waals surface area contributed by atoms with E-state index < -0.39 is 24.2 Å². The summed E-state index contributed by atoms with van der Waals surface area (Å²) in [6.07, 6.45) is -0.864. The quantitative estimate of drug-likeness (QED) is 0.721. The average Bonchev–Trinajstić information content (AvgIpc) is 2.44. The van der Waals surface area contributed by atoms with Crippen LogP contribution in [-0.2, 0) is 9.47 Å². The van der Waals surface area contributed by atoms with E-state index in [4.69, 9.17) is 9.47 Å². The van der Waals surface area contributed by atoms with Gasteiger partial charge in [0.15, 0.2) is 5.82 Å². The first kappa shape index (κ1) is 16.4. The molecule has 0 amide bonds. The third-order valence-corrected chi connectivity index (χ3v) is 2.66. The van der Waals surface area contributed by atoms with Gasteiger partial charge in [-0.1, -0.05) is 13.3 Å². The van der Waals surface area contributed by atoms with Gasteiger partial charge in [0.1, 0.15) is 17.4 Å². The van der Waals surface area contributed by atoms with E-state index in [1.54, 1.807) is 6.92 Å². The molecule has 0 saturated carbocycles. The zero-order chi connectivity index (χ0) is 15.1. The lowest BCUT2D eigenvalue weighted by Gasteiger charge is -2.15. The number of aromatic nitrogens is 2. The molecule has 20 heavy (non-hydrogen) atoms. The molecule has 0 aliphatic carbocycles. The van der Waals surface area contributed by atoms with Crippen molar-refractivity contribution in [2.45, 2.75) is 39.2 Å². The third-order valence-electron chi connectivity index (χ3n) is 2.66. The van der Waals surface area contributed by atoms with Crippen LogP contribution in [0.15, 0.2) is 6.20 Å². The fourth-order valence-corrected chi connectivity index (χ4v) is 1.71. The first-order chi connectivity index (χ1) is 9.54. The van der Waals surface area contributed by atoms with Crippen LogP contribution in [0.2, 0.25) is 0 Å². The second-order valence-electron chi connectivity index (χ2n) is 4.06. The number of ether oxygens (including phenoxy) is 2. The van der Waals surface area contributed by atoms with Crippen LogP contribution in [-0.4, -0.2) is 29.7 Å². The lowest BCUT2D eigenvalue weighted by Crippen LogP contribution is -2.15. The van der Waals surface area contributed by atoms with Crippen molar-refractivity contribution in [3.8, 4) is 0 Å². The fourth-order valence-electron chi connectivity index (χ4n) is 1.71. The zero-order valence-electron chi connectivity index (χ0n) is 11.7. The molecule has 0 aromatic carbocycles. The number of halogens is 2. The Labute approximate surface area is 116 Å².